The van der Waals surface area contributed by atoms with Crippen LogP contribution in [0.2, 0.25) is 10.0 Å². The molecule has 0 spiro atoms. The first-order valence-electron chi connectivity index (χ1n) is 15.4. The quantitative estimate of drug-likeness (QED) is 0.172. The lowest BCUT2D eigenvalue weighted by Crippen LogP contribution is -2.36. The number of likely N-dealkylation sites (N-methyl/N-ethyl adjacent to an activating group) is 1. The Balaban J connectivity index is 1.39. The lowest BCUT2D eigenvalue weighted by Gasteiger charge is -2.34. The third-order valence-electron chi connectivity index (χ3n) is 9.01. The Hall–Kier alpha value is -3.26. The number of nitriles is 1. The predicted molar refractivity (Wildman–Crippen MR) is 190 cm³/mol. The molecule has 2 atom stereocenters. The number of carbonyl (C=O) groups excluding carboxylic acids is 1. The van der Waals surface area contributed by atoms with Crippen LogP contribution < -0.4 is 0 Å². The number of nitrogens with zero attached hydrogens (tertiary/aromatic N) is 3. The molecule has 0 aromatic heterocycles. The van der Waals surface area contributed by atoms with Crippen LogP contribution in [-0.4, -0.2) is 74.1 Å². The molecule has 1 aliphatic rings. The molecule has 1 fully saturated rings. The van der Waals surface area contributed by atoms with E-state index in [0.717, 1.165) is 49.2 Å². The number of piperidine rings is 1. The highest BCUT2D eigenvalue weighted by atomic mass is 35.5. The third kappa shape index (κ3) is 7.90. The molecule has 5 rings (SSSR count). The fraction of sp³-hybridized carbons (Fsp3) is 0.333. The van der Waals surface area contributed by atoms with E-state index in [9.17, 15) is 22.7 Å². The van der Waals surface area contributed by atoms with Gasteiger partial charge in [-0.2, -0.15) is 5.26 Å². The molecule has 1 saturated heterocycles. The van der Waals surface area contributed by atoms with Gasteiger partial charge in [-0.1, -0.05) is 71.7 Å². The largest absolute Gasteiger partial charge is 0.341 e. The smallest absolute Gasteiger partial charge is 0.255 e. The topological polar surface area (TPSA) is 98.6 Å². The Morgan fingerprint density at radius 3 is 2.38 bits per heavy atom. The minimum Gasteiger partial charge on any atom is -0.341 e. The standard InChI is InChI=1S/C36H37Cl2N3O4S2/c1-40(36(42)34-30-10-5-4-8-26(30)20-28(22-39)35(34)47(3,44)45)23-27(25-12-13-31(37)32(38)21-25)16-19-41-17-14-24(15-18-41)29-9-6-7-11-33(29)46(2)43/h4-13,20-21,24,27H,14-19,23H2,1-3H3/t27-,46+/m1/s1. The van der Waals surface area contributed by atoms with E-state index in [1.165, 1.54) is 11.6 Å². The van der Waals surface area contributed by atoms with Crippen molar-refractivity contribution in [3.05, 3.63) is 105 Å². The molecular formula is C36H37Cl2N3O4S2. The van der Waals surface area contributed by atoms with Crippen molar-refractivity contribution in [1.82, 2.24) is 9.80 Å². The number of sulfone groups is 1. The molecule has 4 aromatic rings. The van der Waals surface area contributed by atoms with Crippen molar-refractivity contribution in [1.29, 1.82) is 5.26 Å². The van der Waals surface area contributed by atoms with Crippen LogP contribution in [0.4, 0.5) is 0 Å². The summed E-state index contributed by atoms with van der Waals surface area (Å²) in [5.41, 5.74) is 2.05. The Labute approximate surface area is 289 Å². The van der Waals surface area contributed by atoms with Gasteiger partial charge in [-0.3, -0.25) is 9.00 Å². The molecule has 4 aromatic carbocycles. The maximum absolute atomic E-state index is 14.2. The first-order valence-corrected chi connectivity index (χ1v) is 19.6. The zero-order valence-electron chi connectivity index (χ0n) is 26.6. The number of halogens is 2. The van der Waals surface area contributed by atoms with E-state index in [2.05, 4.69) is 11.0 Å². The van der Waals surface area contributed by atoms with Gasteiger partial charge in [0.1, 0.15) is 6.07 Å². The summed E-state index contributed by atoms with van der Waals surface area (Å²) in [7, 11) is -3.30. The molecule has 1 heterocycles. The van der Waals surface area contributed by atoms with Gasteiger partial charge in [-0.15, -0.1) is 0 Å². The Morgan fingerprint density at radius 1 is 1.04 bits per heavy atom. The van der Waals surface area contributed by atoms with Crippen molar-refractivity contribution in [2.45, 2.75) is 40.9 Å². The average Bonchev–Trinajstić information content (AvgIpc) is 3.06. The van der Waals surface area contributed by atoms with Crippen molar-refractivity contribution in [3.8, 4) is 6.07 Å². The van der Waals surface area contributed by atoms with Crippen LogP contribution in [-0.2, 0) is 20.6 Å². The Bertz CT molecular complexity index is 1990. The zero-order chi connectivity index (χ0) is 33.9. The second-order valence-electron chi connectivity index (χ2n) is 12.2. The summed E-state index contributed by atoms with van der Waals surface area (Å²) in [5, 5.41) is 11.8. The number of fused-ring (bicyclic) bond motifs is 1. The van der Waals surface area contributed by atoms with Crippen LogP contribution in [0, 0.1) is 11.3 Å². The molecule has 11 heteroatoms. The van der Waals surface area contributed by atoms with E-state index < -0.39 is 26.5 Å². The first kappa shape index (κ1) is 35.1. The SMILES string of the molecule is CN(C[C@@H](CCN1CCC(c2ccccc2[S@](C)=O)CC1)c1ccc(Cl)c(Cl)c1)C(=O)c1c(S(C)(=O)=O)c(C#N)cc2ccccc12. The summed E-state index contributed by atoms with van der Waals surface area (Å²) in [5.74, 6) is -0.257. The third-order valence-corrected chi connectivity index (χ3v) is 11.9. The lowest BCUT2D eigenvalue weighted by molar-refractivity contribution is 0.0780. The van der Waals surface area contributed by atoms with Gasteiger partial charge in [0.05, 0.1) is 36.9 Å². The van der Waals surface area contributed by atoms with E-state index in [1.807, 2.05) is 36.4 Å². The minimum atomic E-state index is -3.92. The molecule has 0 N–H and O–H groups in total. The van der Waals surface area contributed by atoms with Crippen LogP contribution in [0.5, 0.6) is 0 Å². The van der Waals surface area contributed by atoms with Crippen LogP contribution in [0.1, 0.15) is 58.1 Å². The van der Waals surface area contributed by atoms with Gasteiger partial charge in [0, 0.05) is 36.9 Å². The van der Waals surface area contributed by atoms with Crippen LogP contribution in [0.25, 0.3) is 10.8 Å². The van der Waals surface area contributed by atoms with Gasteiger partial charge in [0.15, 0.2) is 9.84 Å². The second-order valence-corrected chi connectivity index (χ2v) is 16.3. The zero-order valence-corrected chi connectivity index (χ0v) is 29.7. The van der Waals surface area contributed by atoms with Gasteiger partial charge in [-0.05, 0) is 91.0 Å². The maximum Gasteiger partial charge on any atom is 0.255 e. The molecule has 7 nitrogen and oxygen atoms in total. The summed E-state index contributed by atoms with van der Waals surface area (Å²) in [6.45, 7) is 2.85. The van der Waals surface area contributed by atoms with Crippen molar-refractivity contribution in [2.24, 2.45) is 0 Å². The van der Waals surface area contributed by atoms with Crippen LogP contribution in [0.3, 0.4) is 0 Å². The number of carbonyl (C=O) groups is 1. The molecule has 1 aliphatic heterocycles. The molecule has 0 radical (unpaired) electrons. The van der Waals surface area contributed by atoms with Gasteiger partial charge in [0.2, 0.25) is 0 Å². The molecule has 0 aliphatic carbocycles. The number of hydrogen-bond donors (Lipinski definition) is 0. The number of hydrogen-bond acceptors (Lipinski definition) is 6. The molecule has 0 unspecified atom stereocenters. The van der Waals surface area contributed by atoms with Gasteiger partial charge < -0.3 is 9.80 Å². The van der Waals surface area contributed by atoms with E-state index in [1.54, 1.807) is 48.5 Å². The number of rotatable bonds is 10. The molecule has 0 saturated carbocycles. The van der Waals surface area contributed by atoms with E-state index >= 15 is 0 Å². The highest BCUT2D eigenvalue weighted by Gasteiger charge is 2.30. The fourth-order valence-electron chi connectivity index (χ4n) is 6.63. The summed E-state index contributed by atoms with van der Waals surface area (Å²) in [6.07, 6.45) is 5.38. The fourth-order valence-corrected chi connectivity index (χ4v) is 8.84. The Kier molecular flexibility index (Phi) is 11.1. The summed E-state index contributed by atoms with van der Waals surface area (Å²) in [4.78, 5) is 18.8. The van der Waals surface area contributed by atoms with E-state index in [0.29, 0.717) is 33.2 Å². The molecular weight excluding hydrogens is 673 g/mol. The molecule has 0 bridgehead atoms. The lowest BCUT2D eigenvalue weighted by atomic mass is 9.88. The van der Waals surface area contributed by atoms with Crippen molar-refractivity contribution in [3.63, 3.8) is 0 Å². The number of benzene rings is 4. The van der Waals surface area contributed by atoms with Gasteiger partial charge in [-0.25, -0.2) is 8.42 Å². The van der Waals surface area contributed by atoms with Crippen molar-refractivity contribution in [2.75, 3.05) is 45.7 Å². The number of likely N-dealkylation sites (tertiary alicyclic amines) is 1. The second kappa shape index (κ2) is 14.9. The highest BCUT2D eigenvalue weighted by molar-refractivity contribution is 7.90. The normalized spacial score (nSPS) is 15.7. The van der Waals surface area contributed by atoms with Gasteiger partial charge >= 0.3 is 0 Å². The van der Waals surface area contributed by atoms with Crippen LogP contribution >= 0.6 is 23.2 Å². The van der Waals surface area contributed by atoms with Crippen molar-refractivity contribution < 1.29 is 17.4 Å². The molecule has 1 amide bonds. The van der Waals surface area contributed by atoms with Crippen molar-refractivity contribution >= 4 is 60.5 Å². The Morgan fingerprint density at radius 2 is 1.72 bits per heavy atom. The first-order chi connectivity index (χ1) is 22.4. The minimum absolute atomic E-state index is 0.00732. The molecule has 47 heavy (non-hydrogen) atoms. The monoisotopic (exact) mass is 709 g/mol. The summed E-state index contributed by atoms with van der Waals surface area (Å²) < 4.78 is 38.3. The average molecular weight is 711 g/mol. The summed E-state index contributed by atoms with van der Waals surface area (Å²) >= 11 is 12.7. The highest BCUT2D eigenvalue weighted by Crippen LogP contribution is 2.35. The van der Waals surface area contributed by atoms with E-state index in [-0.39, 0.29) is 28.5 Å². The van der Waals surface area contributed by atoms with Crippen LogP contribution in [0.15, 0.2) is 82.6 Å². The summed E-state index contributed by atoms with van der Waals surface area (Å²) in [6, 6.07) is 24.0. The molecule has 246 valence electrons. The maximum atomic E-state index is 14.2. The predicted octanol–water partition coefficient (Wildman–Crippen LogP) is 7.28. The van der Waals surface area contributed by atoms with E-state index in [4.69, 9.17) is 23.2 Å². The van der Waals surface area contributed by atoms with Gasteiger partial charge in [0.25, 0.3) is 5.91 Å². The number of amides is 1.